The molecule has 0 saturated carbocycles. The van der Waals surface area contributed by atoms with Crippen LogP contribution < -0.4 is 4.74 Å². The lowest BCUT2D eigenvalue weighted by molar-refractivity contribution is 0.286. The second-order valence-corrected chi connectivity index (χ2v) is 4.08. The lowest BCUT2D eigenvalue weighted by atomic mass is 10.3. The smallest absolute Gasteiger partial charge is 0.164 e. The molecule has 0 aliphatic heterocycles. The van der Waals surface area contributed by atoms with Crippen molar-refractivity contribution < 1.29 is 4.74 Å². The van der Waals surface area contributed by atoms with Crippen LogP contribution in [-0.4, -0.2) is 14.8 Å². The molecule has 0 aliphatic carbocycles. The van der Waals surface area contributed by atoms with Gasteiger partial charge in [-0.3, -0.25) is 0 Å². The Labute approximate surface area is 105 Å². The molecule has 5 heteroatoms. The summed E-state index contributed by atoms with van der Waals surface area (Å²) in [5, 5.41) is 4.84. The summed E-state index contributed by atoms with van der Waals surface area (Å²) in [5.41, 5.74) is 0. The van der Waals surface area contributed by atoms with Gasteiger partial charge >= 0.3 is 0 Å². The molecule has 17 heavy (non-hydrogen) atoms. The summed E-state index contributed by atoms with van der Waals surface area (Å²) < 4.78 is 7.47. The van der Waals surface area contributed by atoms with Gasteiger partial charge < -0.3 is 4.74 Å². The molecule has 1 aromatic carbocycles. The van der Waals surface area contributed by atoms with E-state index in [0.29, 0.717) is 11.6 Å². The van der Waals surface area contributed by atoms with Crippen molar-refractivity contribution in [2.24, 2.45) is 0 Å². The predicted molar refractivity (Wildman–Crippen MR) is 66.1 cm³/mol. The third-order valence-corrected chi connectivity index (χ3v) is 2.56. The molecule has 2 aromatic rings. The predicted octanol–water partition coefficient (Wildman–Crippen LogP) is 2.92. The van der Waals surface area contributed by atoms with E-state index in [9.17, 15) is 0 Å². The van der Waals surface area contributed by atoms with Crippen LogP contribution in [0, 0.1) is 0 Å². The normalized spacial score (nSPS) is 10.5. The number of halogens is 1. The van der Waals surface area contributed by atoms with Gasteiger partial charge in [0, 0.05) is 11.6 Å². The van der Waals surface area contributed by atoms with Crippen molar-refractivity contribution in [3.63, 3.8) is 0 Å². The van der Waals surface area contributed by atoms with Gasteiger partial charge in [0.15, 0.2) is 5.82 Å². The summed E-state index contributed by atoms with van der Waals surface area (Å²) in [6.45, 7) is 3.38. The second kappa shape index (κ2) is 5.68. The number of ether oxygens (including phenoxy) is 1. The molecular formula is C12H14ClN3O. The van der Waals surface area contributed by atoms with Gasteiger partial charge in [0.05, 0.1) is 0 Å². The number of nitrogens with zero attached hydrogens (tertiary/aromatic N) is 3. The fraction of sp³-hybridized carbons (Fsp3) is 0.333. The first kappa shape index (κ1) is 11.9. The quantitative estimate of drug-likeness (QED) is 0.820. The largest absolute Gasteiger partial charge is 0.486 e. The van der Waals surface area contributed by atoms with Crippen LogP contribution in [0.4, 0.5) is 0 Å². The van der Waals surface area contributed by atoms with Crippen LogP contribution in [0.3, 0.4) is 0 Å². The third-order valence-electron chi connectivity index (χ3n) is 2.31. The fourth-order valence-electron chi connectivity index (χ4n) is 1.48. The first-order valence-electron chi connectivity index (χ1n) is 5.54. The number of aryl methyl sites for hydroxylation is 1. The van der Waals surface area contributed by atoms with E-state index in [0.717, 1.165) is 24.5 Å². The van der Waals surface area contributed by atoms with Crippen molar-refractivity contribution >= 4 is 11.6 Å². The van der Waals surface area contributed by atoms with Crippen LogP contribution in [0.2, 0.25) is 5.02 Å². The highest BCUT2D eigenvalue weighted by atomic mass is 35.5. The average Bonchev–Trinajstić information content (AvgIpc) is 2.77. The minimum absolute atomic E-state index is 0.418. The van der Waals surface area contributed by atoms with E-state index in [1.807, 2.05) is 16.8 Å². The van der Waals surface area contributed by atoms with Gasteiger partial charge in [0.1, 0.15) is 18.7 Å². The van der Waals surface area contributed by atoms with Crippen molar-refractivity contribution in [3.8, 4) is 5.75 Å². The van der Waals surface area contributed by atoms with E-state index in [2.05, 4.69) is 17.0 Å². The van der Waals surface area contributed by atoms with Crippen molar-refractivity contribution in [3.05, 3.63) is 41.4 Å². The van der Waals surface area contributed by atoms with E-state index in [4.69, 9.17) is 16.3 Å². The van der Waals surface area contributed by atoms with E-state index in [1.165, 1.54) is 0 Å². The second-order valence-electron chi connectivity index (χ2n) is 3.64. The van der Waals surface area contributed by atoms with E-state index < -0.39 is 0 Å². The number of hydrogen-bond donors (Lipinski definition) is 0. The standard InChI is InChI=1S/C12H14ClN3O/c1-2-7-16-12(14-9-15-16)8-17-11-5-3-10(13)4-6-11/h3-6,9H,2,7-8H2,1H3. The van der Waals surface area contributed by atoms with Gasteiger partial charge in [-0.25, -0.2) is 9.67 Å². The zero-order chi connectivity index (χ0) is 12.1. The number of aromatic nitrogens is 3. The molecule has 0 spiro atoms. The fourth-order valence-corrected chi connectivity index (χ4v) is 1.60. The lowest BCUT2D eigenvalue weighted by Crippen LogP contribution is -2.08. The maximum atomic E-state index is 5.80. The maximum Gasteiger partial charge on any atom is 0.164 e. The van der Waals surface area contributed by atoms with Crippen LogP contribution in [0.15, 0.2) is 30.6 Å². The summed E-state index contributed by atoms with van der Waals surface area (Å²) in [4.78, 5) is 4.17. The summed E-state index contributed by atoms with van der Waals surface area (Å²) in [6.07, 6.45) is 2.58. The SMILES string of the molecule is CCCn1ncnc1COc1ccc(Cl)cc1. The summed E-state index contributed by atoms with van der Waals surface area (Å²) in [7, 11) is 0. The molecule has 0 aliphatic rings. The van der Waals surface area contributed by atoms with Crippen LogP contribution in [0.25, 0.3) is 0 Å². The molecule has 90 valence electrons. The van der Waals surface area contributed by atoms with E-state index in [1.54, 1.807) is 18.5 Å². The molecule has 0 fully saturated rings. The van der Waals surface area contributed by atoms with Crippen molar-refractivity contribution in [1.29, 1.82) is 0 Å². The number of benzene rings is 1. The Morgan fingerprint density at radius 3 is 2.76 bits per heavy atom. The van der Waals surface area contributed by atoms with Gasteiger partial charge in [-0.2, -0.15) is 5.10 Å². The molecule has 0 atom stereocenters. The van der Waals surface area contributed by atoms with Crippen LogP contribution in [-0.2, 0) is 13.2 Å². The molecule has 1 heterocycles. The third kappa shape index (κ3) is 3.20. The highest BCUT2D eigenvalue weighted by Gasteiger charge is 2.04. The summed E-state index contributed by atoms with van der Waals surface area (Å²) >= 11 is 5.80. The Balaban J connectivity index is 1.97. The highest BCUT2D eigenvalue weighted by molar-refractivity contribution is 6.30. The molecule has 0 bridgehead atoms. The Morgan fingerprint density at radius 1 is 1.29 bits per heavy atom. The Morgan fingerprint density at radius 2 is 2.06 bits per heavy atom. The Kier molecular flexibility index (Phi) is 3.98. The zero-order valence-corrected chi connectivity index (χ0v) is 10.4. The highest BCUT2D eigenvalue weighted by Crippen LogP contribution is 2.16. The van der Waals surface area contributed by atoms with Crippen molar-refractivity contribution in [2.75, 3.05) is 0 Å². The van der Waals surface area contributed by atoms with Gasteiger partial charge in [-0.05, 0) is 30.7 Å². The molecule has 0 saturated heterocycles. The van der Waals surface area contributed by atoms with Gasteiger partial charge in [-0.1, -0.05) is 18.5 Å². The van der Waals surface area contributed by atoms with Crippen LogP contribution >= 0.6 is 11.6 Å². The summed E-state index contributed by atoms with van der Waals surface area (Å²) in [6, 6.07) is 7.27. The molecule has 1 aromatic heterocycles. The molecule has 4 nitrogen and oxygen atoms in total. The zero-order valence-electron chi connectivity index (χ0n) is 9.64. The first-order chi connectivity index (χ1) is 8.29. The van der Waals surface area contributed by atoms with Crippen LogP contribution in [0.1, 0.15) is 19.2 Å². The molecule has 2 rings (SSSR count). The molecule has 0 N–H and O–H groups in total. The Bertz CT molecular complexity index is 467. The van der Waals surface area contributed by atoms with Crippen molar-refractivity contribution in [2.45, 2.75) is 26.5 Å². The molecule has 0 unspecified atom stereocenters. The number of rotatable bonds is 5. The first-order valence-corrected chi connectivity index (χ1v) is 5.92. The summed E-state index contributed by atoms with van der Waals surface area (Å²) in [5.74, 6) is 1.61. The maximum absolute atomic E-state index is 5.80. The van der Waals surface area contributed by atoms with Gasteiger partial charge in [0.25, 0.3) is 0 Å². The average molecular weight is 252 g/mol. The van der Waals surface area contributed by atoms with E-state index in [-0.39, 0.29) is 0 Å². The number of hydrogen-bond acceptors (Lipinski definition) is 3. The van der Waals surface area contributed by atoms with Gasteiger partial charge in [-0.15, -0.1) is 0 Å². The van der Waals surface area contributed by atoms with E-state index >= 15 is 0 Å². The monoisotopic (exact) mass is 251 g/mol. The Hall–Kier alpha value is -1.55. The molecular weight excluding hydrogens is 238 g/mol. The minimum Gasteiger partial charge on any atom is -0.486 e. The van der Waals surface area contributed by atoms with Crippen LogP contribution in [0.5, 0.6) is 5.75 Å². The minimum atomic E-state index is 0.418. The lowest BCUT2D eigenvalue weighted by Gasteiger charge is -2.07. The molecule has 0 amide bonds. The topological polar surface area (TPSA) is 39.9 Å². The van der Waals surface area contributed by atoms with Crippen molar-refractivity contribution in [1.82, 2.24) is 14.8 Å². The molecule has 0 radical (unpaired) electrons. The van der Waals surface area contributed by atoms with Gasteiger partial charge in [0.2, 0.25) is 0 Å².